The van der Waals surface area contributed by atoms with Crippen LogP contribution in [-0.4, -0.2) is 29.5 Å². The summed E-state index contributed by atoms with van der Waals surface area (Å²) in [5, 5.41) is 9.66. The maximum absolute atomic E-state index is 13.2. The molecule has 4 rings (SSSR count). The number of nitrogens with one attached hydrogen (secondary N) is 2. The number of rotatable bonds is 6. The van der Waals surface area contributed by atoms with Gasteiger partial charge in [0.25, 0.3) is 10.8 Å². The molecule has 0 amide bonds. The van der Waals surface area contributed by atoms with Crippen molar-refractivity contribution in [3.63, 3.8) is 0 Å². The predicted molar refractivity (Wildman–Crippen MR) is 118 cm³/mol. The topological polar surface area (TPSA) is 131 Å². The van der Waals surface area contributed by atoms with Crippen molar-refractivity contribution in [2.24, 2.45) is 0 Å². The Balaban J connectivity index is 1.58. The highest BCUT2D eigenvalue weighted by Crippen LogP contribution is 2.33. The monoisotopic (exact) mass is 486 g/mol. The molecule has 0 aliphatic carbocycles. The number of sulfone groups is 1. The molecule has 1 aromatic heterocycles. The summed E-state index contributed by atoms with van der Waals surface area (Å²) in [6.07, 6.45) is 4.57. The van der Waals surface area contributed by atoms with E-state index in [1.807, 2.05) is 0 Å². The predicted octanol–water partition coefficient (Wildman–Crippen LogP) is 3.10. The first kappa shape index (κ1) is 22.6. The van der Waals surface area contributed by atoms with Crippen molar-refractivity contribution in [2.75, 3.05) is 0 Å². The molecular formula is C21H15FN4O5S2. The maximum Gasteiger partial charge on any atom is 0.273 e. The minimum absolute atomic E-state index is 0.285. The molecule has 0 saturated carbocycles. The van der Waals surface area contributed by atoms with Crippen molar-refractivity contribution in [1.29, 1.82) is 0 Å². The zero-order chi connectivity index (χ0) is 23.6. The highest BCUT2D eigenvalue weighted by atomic mass is 32.2. The Bertz CT molecular complexity index is 1360. The molecule has 168 valence electrons. The van der Waals surface area contributed by atoms with Gasteiger partial charge in [-0.05, 0) is 48.5 Å². The van der Waals surface area contributed by atoms with E-state index in [1.54, 1.807) is 30.6 Å². The molecule has 0 fully saturated rings. The number of nitrogens with zero attached hydrogens (tertiary/aromatic N) is 2. The van der Waals surface area contributed by atoms with Crippen LogP contribution < -0.4 is 10.9 Å². The van der Waals surface area contributed by atoms with Crippen LogP contribution in [-0.2, 0) is 14.6 Å². The largest absolute Gasteiger partial charge is 0.320 e. The second-order valence-corrected chi connectivity index (χ2v) is 9.82. The van der Waals surface area contributed by atoms with E-state index in [0.29, 0.717) is 11.3 Å². The highest BCUT2D eigenvalue weighted by molar-refractivity contribution is 8.06. The Hall–Kier alpha value is -3.61. The average Bonchev–Trinajstić information content (AvgIpc) is 3.30. The van der Waals surface area contributed by atoms with Crippen molar-refractivity contribution in [1.82, 2.24) is 15.8 Å². The van der Waals surface area contributed by atoms with Gasteiger partial charge in [-0.2, -0.15) is 0 Å². The van der Waals surface area contributed by atoms with Gasteiger partial charge in [-0.25, -0.2) is 18.2 Å². The van der Waals surface area contributed by atoms with Crippen molar-refractivity contribution in [3.8, 4) is 0 Å². The molecule has 0 spiro atoms. The number of non-ortho nitro benzene ring substituents is 1. The van der Waals surface area contributed by atoms with Gasteiger partial charge in [0.05, 0.1) is 15.5 Å². The number of hydrogen-bond acceptors (Lipinski definition) is 9. The number of nitro groups is 1. The number of nitro benzene ring substituents is 1. The van der Waals surface area contributed by atoms with Crippen molar-refractivity contribution >= 4 is 38.1 Å². The van der Waals surface area contributed by atoms with Crippen LogP contribution in [0.2, 0.25) is 0 Å². The summed E-state index contributed by atoms with van der Waals surface area (Å²) in [5.41, 5.74) is 6.23. The van der Waals surface area contributed by atoms with E-state index in [2.05, 4.69) is 15.8 Å². The number of aromatic nitrogens is 1. The molecule has 1 unspecified atom stereocenters. The normalized spacial score (nSPS) is 15.5. The lowest BCUT2D eigenvalue weighted by Crippen LogP contribution is -2.40. The van der Waals surface area contributed by atoms with Crippen LogP contribution in [0.4, 0.5) is 10.1 Å². The first-order chi connectivity index (χ1) is 15.8. The fourth-order valence-electron chi connectivity index (χ4n) is 3.02. The second kappa shape index (κ2) is 9.10. The molecule has 1 atom stereocenters. The van der Waals surface area contributed by atoms with Crippen LogP contribution in [0, 0.1) is 15.9 Å². The fraction of sp³-hybridized carbons (Fsp3) is 0.0476. The van der Waals surface area contributed by atoms with Gasteiger partial charge >= 0.3 is 0 Å². The van der Waals surface area contributed by atoms with Crippen LogP contribution in [0.5, 0.6) is 0 Å². The van der Waals surface area contributed by atoms with Gasteiger partial charge in [0.15, 0.2) is 0 Å². The molecule has 0 saturated heterocycles. The third-order valence-corrected chi connectivity index (χ3v) is 7.45. The van der Waals surface area contributed by atoms with Gasteiger partial charge in [0, 0.05) is 39.9 Å². The second-order valence-electron chi connectivity index (χ2n) is 6.83. The lowest BCUT2D eigenvalue weighted by atomic mass is 10.2. The van der Waals surface area contributed by atoms with E-state index in [0.717, 1.165) is 34.1 Å². The molecule has 3 aromatic rings. The number of halogens is 1. The van der Waals surface area contributed by atoms with E-state index in [1.165, 1.54) is 30.0 Å². The fourth-order valence-corrected chi connectivity index (χ4v) is 5.14. The number of carbonyl (C=O) groups is 1. The van der Waals surface area contributed by atoms with Gasteiger partial charge < -0.3 is 5.43 Å². The van der Waals surface area contributed by atoms with Gasteiger partial charge in [0.2, 0.25) is 9.84 Å². The van der Waals surface area contributed by atoms with Crippen molar-refractivity contribution < 1.29 is 22.5 Å². The van der Waals surface area contributed by atoms with E-state index in [4.69, 9.17) is 0 Å². The Morgan fingerprint density at radius 2 is 1.79 bits per heavy atom. The SMILES string of the molecule is O=C(C1C=C(c2cnccc2Sc2ccc(F)cc2)NN1)S(=O)(=O)c1ccc([N+](=O)[O-])cc1. The lowest BCUT2D eigenvalue weighted by molar-refractivity contribution is -0.384. The summed E-state index contributed by atoms with van der Waals surface area (Å²) in [6.45, 7) is 0. The Labute approximate surface area is 191 Å². The van der Waals surface area contributed by atoms with Gasteiger partial charge in [-0.15, -0.1) is 0 Å². The molecule has 0 radical (unpaired) electrons. The van der Waals surface area contributed by atoms with E-state index >= 15 is 0 Å². The highest BCUT2D eigenvalue weighted by Gasteiger charge is 2.34. The summed E-state index contributed by atoms with van der Waals surface area (Å²) < 4.78 is 38.6. The Morgan fingerprint density at radius 3 is 2.45 bits per heavy atom. The number of pyridine rings is 1. The molecule has 2 N–H and O–H groups in total. The third kappa shape index (κ3) is 4.77. The minimum atomic E-state index is -4.40. The molecule has 9 nitrogen and oxygen atoms in total. The van der Waals surface area contributed by atoms with E-state index in [-0.39, 0.29) is 16.4 Å². The molecule has 1 aliphatic rings. The molecule has 12 heteroatoms. The number of hydrazine groups is 1. The standard InChI is InChI=1S/C21H15FN4O5S2/c22-13-1-5-15(6-2-13)32-20-9-10-23-12-17(20)18-11-19(25-24-18)21(27)33(30,31)16-7-3-14(4-8-16)26(28)29/h1-12,19,24-25H. The first-order valence-corrected chi connectivity index (χ1v) is 11.7. The molecule has 2 aromatic carbocycles. The zero-order valence-electron chi connectivity index (χ0n) is 16.6. The van der Waals surface area contributed by atoms with Crippen molar-refractivity contribution in [2.45, 2.75) is 20.7 Å². The van der Waals surface area contributed by atoms with Gasteiger partial charge in [-0.3, -0.25) is 19.9 Å². The maximum atomic E-state index is 13.2. The molecule has 33 heavy (non-hydrogen) atoms. The summed E-state index contributed by atoms with van der Waals surface area (Å²) in [6, 6.07) is 10.6. The van der Waals surface area contributed by atoms with E-state index in [9.17, 15) is 27.7 Å². The summed E-state index contributed by atoms with van der Waals surface area (Å²) >= 11 is 1.35. The van der Waals surface area contributed by atoms with Crippen LogP contribution in [0.25, 0.3) is 5.70 Å². The number of benzene rings is 2. The summed E-state index contributed by atoms with van der Waals surface area (Å²) in [4.78, 5) is 28.1. The van der Waals surface area contributed by atoms with Crippen LogP contribution in [0.3, 0.4) is 0 Å². The first-order valence-electron chi connectivity index (χ1n) is 9.40. The summed E-state index contributed by atoms with van der Waals surface area (Å²) in [7, 11) is -4.40. The summed E-state index contributed by atoms with van der Waals surface area (Å²) in [5.74, 6) is -0.353. The molecule has 1 aliphatic heterocycles. The Morgan fingerprint density at radius 1 is 1.09 bits per heavy atom. The Kier molecular flexibility index (Phi) is 6.22. The smallest absolute Gasteiger partial charge is 0.273 e. The van der Waals surface area contributed by atoms with E-state index < -0.39 is 25.9 Å². The van der Waals surface area contributed by atoms with Crippen LogP contribution in [0.15, 0.2) is 87.8 Å². The zero-order valence-corrected chi connectivity index (χ0v) is 18.3. The molecule has 0 bridgehead atoms. The number of hydrogen-bond donors (Lipinski definition) is 2. The van der Waals surface area contributed by atoms with Gasteiger partial charge in [-0.1, -0.05) is 11.8 Å². The van der Waals surface area contributed by atoms with Crippen LogP contribution >= 0.6 is 11.8 Å². The minimum Gasteiger partial charge on any atom is -0.320 e. The van der Waals surface area contributed by atoms with Crippen molar-refractivity contribution in [3.05, 3.63) is 94.6 Å². The van der Waals surface area contributed by atoms with Gasteiger partial charge in [0.1, 0.15) is 11.9 Å². The number of carbonyl (C=O) groups excluding carboxylic acids is 1. The molecular weight excluding hydrogens is 471 g/mol. The average molecular weight is 487 g/mol. The molecule has 2 heterocycles. The quantitative estimate of drug-likeness (QED) is 0.398. The van der Waals surface area contributed by atoms with Crippen LogP contribution in [0.1, 0.15) is 5.56 Å². The lowest BCUT2D eigenvalue weighted by Gasteiger charge is -2.10. The third-order valence-electron chi connectivity index (χ3n) is 4.68.